The van der Waals surface area contributed by atoms with Crippen molar-refractivity contribution in [1.29, 1.82) is 0 Å². The van der Waals surface area contributed by atoms with Gasteiger partial charge in [0.2, 0.25) is 5.89 Å². The minimum Gasteiger partial charge on any atom is -0.456 e. The van der Waals surface area contributed by atoms with Crippen LogP contribution in [0.1, 0.15) is 0 Å². The molecule has 0 spiro atoms. The topological polar surface area (TPSA) is 77.8 Å². The Bertz CT molecular complexity index is 3510. The van der Waals surface area contributed by atoms with Crippen molar-refractivity contribution in [2.75, 3.05) is 0 Å². The minimum atomic E-state index is 0.575. The molecule has 0 N–H and O–H groups in total. The van der Waals surface area contributed by atoms with Crippen molar-refractivity contribution in [3.63, 3.8) is 0 Å². The second kappa shape index (κ2) is 11.6. The van der Waals surface area contributed by atoms with Crippen molar-refractivity contribution in [1.82, 2.24) is 19.9 Å². The standard InChI is InChI=1S/C48H26N4O2S/c1-2-10-28(11-3-1)48-49-44-39(54-48)24-23-38-43(44)42-35-14-8-15-36(32(35)21-22-37(42)53-38)47-51-45(30-18-17-27-9-4-5-12-29(27)25-30)50-46(52-47)31-19-20-34-33-13-6-7-16-40(33)55-41(34)26-31/h1-26H. The van der Waals surface area contributed by atoms with Crippen LogP contribution in [-0.4, -0.2) is 19.9 Å². The predicted molar refractivity (Wildman–Crippen MR) is 224 cm³/mol. The van der Waals surface area contributed by atoms with Crippen LogP contribution in [-0.2, 0) is 0 Å². The molecule has 0 bridgehead atoms. The Morgan fingerprint density at radius 2 is 1.05 bits per heavy atom. The maximum atomic E-state index is 6.45. The van der Waals surface area contributed by atoms with Crippen molar-refractivity contribution in [2.45, 2.75) is 0 Å². The first-order chi connectivity index (χ1) is 27.2. The van der Waals surface area contributed by atoms with Crippen molar-refractivity contribution in [2.24, 2.45) is 0 Å². The van der Waals surface area contributed by atoms with Gasteiger partial charge < -0.3 is 8.83 Å². The molecule has 4 heterocycles. The highest BCUT2D eigenvalue weighted by Crippen LogP contribution is 2.42. The van der Waals surface area contributed by atoms with Gasteiger partial charge in [0.05, 0.1) is 5.39 Å². The van der Waals surface area contributed by atoms with E-state index in [9.17, 15) is 0 Å². The number of oxazole rings is 1. The number of fused-ring (bicyclic) bond motifs is 11. The first-order valence-corrected chi connectivity index (χ1v) is 18.9. The molecular formula is C48H26N4O2S. The summed E-state index contributed by atoms with van der Waals surface area (Å²) < 4.78 is 15.2. The first-order valence-electron chi connectivity index (χ1n) is 18.1. The number of aromatic nitrogens is 4. The molecule has 6 nitrogen and oxygen atoms in total. The molecule has 12 aromatic rings. The molecule has 0 atom stereocenters. The van der Waals surface area contributed by atoms with Crippen LogP contribution in [0.5, 0.6) is 0 Å². The van der Waals surface area contributed by atoms with Crippen LogP contribution in [0.25, 0.3) is 120 Å². The van der Waals surface area contributed by atoms with Gasteiger partial charge in [-0.05, 0) is 76.1 Å². The summed E-state index contributed by atoms with van der Waals surface area (Å²) in [5.41, 5.74) is 6.71. The van der Waals surface area contributed by atoms with Gasteiger partial charge in [-0.15, -0.1) is 11.3 Å². The van der Waals surface area contributed by atoms with Crippen molar-refractivity contribution in [3.8, 4) is 45.6 Å². The molecule has 0 aliphatic rings. The fourth-order valence-corrected chi connectivity index (χ4v) is 9.09. The summed E-state index contributed by atoms with van der Waals surface area (Å²) in [5, 5.41) is 8.71. The van der Waals surface area contributed by atoms with Crippen molar-refractivity contribution < 1.29 is 8.83 Å². The van der Waals surface area contributed by atoms with Crippen LogP contribution >= 0.6 is 11.3 Å². The molecule has 55 heavy (non-hydrogen) atoms. The van der Waals surface area contributed by atoms with Crippen LogP contribution in [0.3, 0.4) is 0 Å². The van der Waals surface area contributed by atoms with Crippen LogP contribution < -0.4 is 0 Å². The molecular weight excluding hydrogens is 697 g/mol. The smallest absolute Gasteiger partial charge is 0.227 e. The van der Waals surface area contributed by atoms with Gasteiger partial charge in [-0.1, -0.05) is 103 Å². The molecule has 256 valence electrons. The van der Waals surface area contributed by atoms with Gasteiger partial charge in [-0.25, -0.2) is 19.9 Å². The van der Waals surface area contributed by atoms with E-state index in [1.54, 1.807) is 11.3 Å². The van der Waals surface area contributed by atoms with E-state index in [2.05, 4.69) is 109 Å². The molecule has 0 radical (unpaired) electrons. The van der Waals surface area contributed by atoms with Crippen LogP contribution in [0.4, 0.5) is 0 Å². The van der Waals surface area contributed by atoms with Crippen molar-refractivity contribution in [3.05, 3.63) is 158 Å². The summed E-state index contributed by atoms with van der Waals surface area (Å²) in [6, 6.07) is 54.1. The molecule has 8 aromatic carbocycles. The Morgan fingerprint density at radius 3 is 1.96 bits per heavy atom. The SMILES string of the molecule is c1ccc(-c2nc3c(ccc4oc5ccc6c(-c7nc(-c8ccc9ccccc9c8)nc(-c8ccc9c(c8)sc8ccccc89)n7)cccc6c5c43)o2)cc1. The van der Waals surface area contributed by atoms with E-state index in [0.717, 1.165) is 65.9 Å². The maximum absolute atomic E-state index is 6.45. The Labute approximate surface area is 317 Å². The van der Waals surface area contributed by atoms with E-state index in [-0.39, 0.29) is 0 Å². The van der Waals surface area contributed by atoms with Gasteiger partial charge in [-0.2, -0.15) is 0 Å². The zero-order valence-electron chi connectivity index (χ0n) is 29.0. The fraction of sp³-hybridized carbons (Fsp3) is 0. The number of hydrogen-bond donors (Lipinski definition) is 0. The predicted octanol–water partition coefficient (Wildman–Crippen LogP) is 13.3. The van der Waals surface area contributed by atoms with E-state index in [1.807, 2.05) is 48.5 Å². The second-order valence-electron chi connectivity index (χ2n) is 13.8. The molecule has 0 amide bonds. The lowest BCUT2D eigenvalue weighted by Crippen LogP contribution is -2.00. The average molecular weight is 723 g/mol. The molecule has 0 unspecified atom stereocenters. The van der Waals surface area contributed by atoms with Gasteiger partial charge in [-0.3, -0.25) is 0 Å². The fourth-order valence-electron chi connectivity index (χ4n) is 7.95. The summed E-state index contributed by atoms with van der Waals surface area (Å²) in [5.74, 6) is 2.41. The number of rotatable bonds is 4. The summed E-state index contributed by atoms with van der Waals surface area (Å²) in [7, 11) is 0. The summed E-state index contributed by atoms with van der Waals surface area (Å²) in [6.45, 7) is 0. The Hall–Kier alpha value is -7.22. The normalized spacial score (nSPS) is 12.0. The highest BCUT2D eigenvalue weighted by molar-refractivity contribution is 7.25. The average Bonchev–Trinajstić information content (AvgIpc) is 3.96. The Kier molecular flexibility index (Phi) is 6.40. The van der Waals surface area contributed by atoms with E-state index < -0.39 is 0 Å². The van der Waals surface area contributed by atoms with Gasteiger partial charge in [0.1, 0.15) is 16.7 Å². The molecule has 0 aliphatic carbocycles. The van der Waals surface area contributed by atoms with E-state index in [0.29, 0.717) is 28.9 Å². The minimum absolute atomic E-state index is 0.575. The van der Waals surface area contributed by atoms with Gasteiger partial charge in [0.25, 0.3) is 0 Å². The zero-order valence-corrected chi connectivity index (χ0v) is 29.8. The number of hydrogen-bond acceptors (Lipinski definition) is 7. The monoisotopic (exact) mass is 722 g/mol. The first kappa shape index (κ1) is 30.3. The molecule has 0 saturated heterocycles. The maximum Gasteiger partial charge on any atom is 0.227 e. The Morgan fingerprint density at radius 1 is 0.382 bits per heavy atom. The van der Waals surface area contributed by atoms with Gasteiger partial charge >= 0.3 is 0 Å². The lowest BCUT2D eigenvalue weighted by Gasteiger charge is -2.11. The molecule has 0 fully saturated rings. The number of furan rings is 1. The summed E-state index contributed by atoms with van der Waals surface area (Å²) in [4.78, 5) is 20.6. The second-order valence-corrected chi connectivity index (χ2v) is 14.9. The molecule has 4 aromatic heterocycles. The van der Waals surface area contributed by atoms with E-state index >= 15 is 0 Å². The van der Waals surface area contributed by atoms with Crippen LogP contribution in [0, 0.1) is 0 Å². The van der Waals surface area contributed by atoms with Gasteiger partial charge in [0, 0.05) is 47.8 Å². The third-order valence-corrected chi connectivity index (χ3v) is 11.7. The lowest BCUT2D eigenvalue weighted by molar-refractivity contribution is 0.619. The van der Waals surface area contributed by atoms with Crippen LogP contribution in [0.15, 0.2) is 167 Å². The van der Waals surface area contributed by atoms with Crippen molar-refractivity contribution >= 4 is 86.1 Å². The third kappa shape index (κ3) is 4.73. The highest BCUT2D eigenvalue weighted by atomic mass is 32.1. The molecule has 12 rings (SSSR count). The van der Waals surface area contributed by atoms with E-state index in [4.69, 9.17) is 28.8 Å². The van der Waals surface area contributed by atoms with E-state index in [1.165, 1.54) is 25.6 Å². The number of thiophene rings is 1. The molecule has 7 heteroatoms. The Balaban J connectivity index is 1.09. The van der Waals surface area contributed by atoms with Crippen LogP contribution in [0.2, 0.25) is 0 Å². The zero-order chi connectivity index (χ0) is 36.0. The summed E-state index contributed by atoms with van der Waals surface area (Å²) >= 11 is 1.79. The largest absolute Gasteiger partial charge is 0.456 e. The highest BCUT2D eigenvalue weighted by Gasteiger charge is 2.21. The quantitative estimate of drug-likeness (QED) is 0.180. The van der Waals surface area contributed by atoms with Gasteiger partial charge in [0.15, 0.2) is 23.1 Å². The lowest BCUT2D eigenvalue weighted by atomic mass is 9.99. The summed E-state index contributed by atoms with van der Waals surface area (Å²) in [6.07, 6.45) is 0. The third-order valence-electron chi connectivity index (χ3n) is 10.6. The number of nitrogens with zero attached hydrogens (tertiary/aromatic N) is 4. The number of benzene rings is 8. The molecule has 0 saturated carbocycles. The molecule has 0 aliphatic heterocycles.